The Bertz CT molecular complexity index is 622. The molecule has 3 rings (SSSR count). The van der Waals surface area contributed by atoms with Gasteiger partial charge in [0.25, 0.3) is 0 Å². The Kier molecular flexibility index (Phi) is 6.25. The van der Waals surface area contributed by atoms with Crippen molar-refractivity contribution >= 4 is 11.8 Å². The highest BCUT2D eigenvalue weighted by atomic mass is 16.5. The van der Waals surface area contributed by atoms with Crippen LogP contribution in [0.1, 0.15) is 44.6 Å². The van der Waals surface area contributed by atoms with Gasteiger partial charge in [0.05, 0.1) is 0 Å². The maximum absolute atomic E-state index is 12.4. The lowest BCUT2D eigenvalue weighted by molar-refractivity contribution is -0.145. The van der Waals surface area contributed by atoms with E-state index in [9.17, 15) is 9.59 Å². The topological polar surface area (TPSA) is 62.7 Å². The van der Waals surface area contributed by atoms with E-state index in [1.54, 1.807) is 12.4 Å². The number of carbonyl (C=O) groups excluding carboxylic acids is 2. The number of ether oxygens (including phenoxy) is 1. The lowest BCUT2D eigenvalue weighted by atomic mass is 9.73. The summed E-state index contributed by atoms with van der Waals surface area (Å²) in [6, 6.07) is 3.91. The molecule has 0 aliphatic carbocycles. The Hall–Kier alpha value is -1.95. The van der Waals surface area contributed by atoms with Crippen molar-refractivity contribution in [1.29, 1.82) is 0 Å². The standard InChI is InChI=1S/C20H29N3O3/c1-2-12-26-14-19(25)22-11-3-7-20(15-22)8-4-18(24)23(16-20)13-17-5-9-21-10-6-17/h5-6,9-10H,2-4,7-8,11-16H2,1H3/t20-/m0/s1. The maximum atomic E-state index is 12.4. The summed E-state index contributed by atoms with van der Waals surface area (Å²) in [4.78, 5) is 32.8. The number of aromatic nitrogens is 1. The molecule has 2 aliphatic heterocycles. The zero-order chi connectivity index (χ0) is 18.4. The molecule has 1 aromatic heterocycles. The summed E-state index contributed by atoms with van der Waals surface area (Å²) in [6.07, 6.45) is 7.96. The van der Waals surface area contributed by atoms with E-state index in [4.69, 9.17) is 4.74 Å². The molecule has 0 bridgehead atoms. The van der Waals surface area contributed by atoms with Crippen LogP contribution >= 0.6 is 0 Å². The number of nitrogens with zero attached hydrogens (tertiary/aromatic N) is 3. The molecule has 0 saturated carbocycles. The third-order valence-electron chi connectivity index (χ3n) is 5.46. The lowest BCUT2D eigenvalue weighted by Crippen LogP contribution is -2.55. The number of hydrogen-bond acceptors (Lipinski definition) is 4. The van der Waals surface area contributed by atoms with Crippen LogP contribution in [0, 0.1) is 5.41 Å². The third-order valence-corrected chi connectivity index (χ3v) is 5.46. The van der Waals surface area contributed by atoms with Crippen molar-refractivity contribution in [3.05, 3.63) is 30.1 Å². The van der Waals surface area contributed by atoms with Crippen LogP contribution in [0.5, 0.6) is 0 Å². The minimum Gasteiger partial charge on any atom is -0.372 e. The number of pyridine rings is 1. The first kappa shape index (κ1) is 18.8. The van der Waals surface area contributed by atoms with E-state index in [2.05, 4.69) is 4.98 Å². The highest BCUT2D eigenvalue weighted by molar-refractivity contribution is 5.78. The molecular weight excluding hydrogens is 330 g/mol. The zero-order valence-electron chi connectivity index (χ0n) is 15.7. The van der Waals surface area contributed by atoms with Gasteiger partial charge in [0.2, 0.25) is 11.8 Å². The molecule has 1 spiro atoms. The van der Waals surface area contributed by atoms with E-state index in [1.165, 1.54) is 0 Å². The van der Waals surface area contributed by atoms with Gasteiger partial charge in [-0.3, -0.25) is 14.6 Å². The number of hydrogen-bond donors (Lipinski definition) is 0. The minimum atomic E-state index is 0.0274. The van der Waals surface area contributed by atoms with Gasteiger partial charge in [0, 0.05) is 57.0 Å². The van der Waals surface area contributed by atoms with E-state index in [1.807, 2.05) is 28.9 Å². The second-order valence-electron chi connectivity index (χ2n) is 7.58. The average molecular weight is 359 g/mol. The van der Waals surface area contributed by atoms with E-state index in [0.717, 1.165) is 50.9 Å². The number of likely N-dealkylation sites (tertiary alicyclic amines) is 2. The van der Waals surface area contributed by atoms with Crippen LogP contribution in [0.15, 0.2) is 24.5 Å². The highest BCUT2D eigenvalue weighted by Gasteiger charge is 2.42. The van der Waals surface area contributed by atoms with Crippen molar-refractivity contribution in [2.24, 2.45) is 5.41 Å². The van der Waals surface area contributed by atoms with Crippen LogP contribution in [0.2, 0.25) is 0 Å². The fraction of sp³-hybridized carbons (Fsp3) is 0.650. The monoisotopic (exact) mass is 359 g/mol. The van der Waals surface area contributed by atoms with Gasteiger partial charge < -0.3 is 14.5 Å². The summed E-state index contributed by atoms with van der Waals surface area (Å²) >= 11 is 0. The Morgan fingerprint density at radius 1 is 1.27 bits per heavy atom. The summed E-state index contributed by atoms with van der Waals surface area (Å²) in [6.45, 7) is 5.72. The number of amides is 2. The second kappa shape index (κ2) is 8.62. The first-order valence-corrected chi connectivity index (χ1v) is 9.64. The van der Waals surface area contributed by atoms with E-state index < -0.39 is 0 Å². The summed E-state index contributed by atoms with van der Waals surface area (Å²) in [7, 11) is 0. The molecule has 1 atom stereocenters. The molecule has 0 N–H and O–H groups in total. The number of carbonyl (C=O) groups is 2. The molecule has 2 fully saturated rings. The normalized spacial score (nSPS) is 23.5. The predicted octanol–water partition coefficient (Wildman–Crippen LogP) is 2.24. The molecule has 6 heteroatoms. The van der Waals surface area contributed by atoms with Gasteiger partial charge in [-0.1, -0.05) is 6.92 Å². The molecule has 2 aliphatic rings. The third kappa shape index (κ3) is 4.61. The van der Waals surface area contributed by atoms with E-state index >= 15 is 0 Å². The molecule has 0 radical (unpaired) electrons. The molecule has 2 saturated heterocycles. The number of rotatable bonds is 6. The van der Waals surface area contributed by atoms with Crippen LogP contribution in [-0.2, 0) is 20.9 Å². The van der Waals surface area contributed by atoms with Crippen molar-refractivity contribution in [1.82, 2.24) is 14.8 Å². The van der Waals surface area contributed by atoms with Crippen molar-refractivity contribution in [2.45, 2.75) is 45.6 Å². The Morgan fingerprint density at radius 2 is 2.08 bits per heavy atom. The maximum Gasteiger partial charge on any atom is 0.248 e. The van der Waals surface area contributed by atoms with Crippen molar-refractivity contribution in [2.75, 3.05) is 32.8 Å². The Labute approximate surface area is 155 Å². The zero-order valence-corrected chi connectivity index (χ0v) is 15.7. The second-order valence-corrected chi connectivity index (χ2v) is 7.58. The first-order chi connectivity index (χ1) is 12.6. The Balaban J connectivity index is 1.62. The van der Waals surface area contributed by atoms with Crippen LogP contribution in [0.25, 0.3) is 0 Å². The van der Waals surface area contributed by atoms with E-state index in [0.29, 0.717) is 19.6 Å². The summed E-state index contributed by atoms with van der Waals surface area (Å²) in [5.74, 6) is 0.289. The van der Waals surface area contributed by atoms with Gasteiger partial charge in [-0.15, -0.1) is 0 Å². The molecule has 26 heavy (non-hydrogen) atoms. The Morgan fingerprint density at radius 3 is 2.85 bits per heavy atom. The minimum absolute atomic E-state index is 0.0274. The molecule has 1 aromatic rings. The fourth-order valence-electron chi connectivity index (χ4n) is 4.10. The van der Waals surface area contributed by atoms with Crippen LogP contribution in [0.3, 0.4) is 0 Å². The molecule has 2 amide bonds. The highest BCUT2D eigenvalue weighted by Crippen LogP contribution is 2.39. The van der Waals surface area contributed by atoms with Gasteiger partial charge in [0.1, 0.15) is 6.61 Å². The van der Waals surface area contributed by atoms with Gasteiger partial charge in [-0.05, 0) is 43.4 Å². The van der Waals surface area contributed by atoms with Crippen molar-refractivity contribution in [3.8, 4) is 0 Å². The van der Waals surface area contributed by atoms with E-state index in [-0.39, 0.29) is 23.8 Å². The van der Waals surface area contributed by atoms with Crippen LogP contribution < -0.4 is 0 Å². The predicted molar refractivity (Wildman–Crippen MR) is 98.2 cm³/mol. The average Bonchev–Trinajstić information content (AvgIpc) is 2.66. The smallest absolute Gasteiger partial charge is 0.248 e. The molecule has 3 heterocycles. The van der Waals surface area contributed by atoms with Crippen LogP contribution in [-0.4, -0.2) is 59.4 Å². The van der Waals surface area contributed by atoms with Gasteiger partial charge in [-0.25, -0.2) is 0 Å². The van der Waals surface area contributed by atoms with Gasteiger partial charge in [0.15, 0.2) is 0 Å². The molecular formula is C20H29N3O3. The van der Waals surface area contributed by atoms with Crippen molar-refractivity contribution < 1.29 is 14.3 Å². The van der Waals surface area contributed by atoms with Crippen LogP contribution in [0.4, 0.5) is 0 Å². The summed E-state index contributed by atoms with van der Waals surface area (Å²) in [5.41, 5.74) is 1.13. The summed E-state index contributed by atoms with van der Waals surface area (Å²) < 4.78 is 5.43. The summed E-state index contributed by atoms with van der Waals surface area (Å²) in [5, 5.41) is 0. The SMILES string of the molecule is CCCOCC(=O)N1CCC[C@]2(CCC(=O)N(Cc3ccncc3)C2)C1. The first-order valence-electron chi connectivity index (χ1n) is 9.64. The largest absolute Gasteiger partial charge is 0.372 e. The van der Waals surface area contributed by atoms with Crippen molar-refractivity contribution in [3.63, 3.8) is 0 Å². The van der Waals surface area contributed by atoms with Gasteiger partial charge >= 0.3 is 0 Å². The number of piperidine rings is 2. The lowest BCUT2D eigenvalue weighted by Gasteiger charge is -2.48. The quantitative estimate of drug-likeness (QED) is 0.731. The van der Waals surface area contributed by atoms with Gasteiger partial charge in [-0.2, -0.15) is 0 Å². The molecule has 6 nitrogen and oxygen atoms in total. The molecule has 142 valence electrons. The molecule has 0 aromatic carbocycles. The molecule has 0 unspecified atom stereocenters. The fourth-order valence-corrected chi connectivity index (χ4v) is 4.10.